The van der Waals surface area contributed by atoms with Crippen LogP contribution in [0.25, 0.3) is 0 Å². The van der Waals surface area contributed by atoms with Crippen molar-refractivity contribution in [1.29, 1.82) is 0 Å². The van der Waals surface area contributed by atoms with Crippen molar-refractivity contribution in [1.82, 2.24) is 0 Å². The van der Waals surface area contributed by atoms with Crippen LogP contribution in [0, 0.1) is 40.9 Å². The predicted molar refractivity (Wildman–Crippen MR) is 120 cm³/mol. The first-order chi connectivity index (χ1) is 15.7. The van der Waals surface area contributed by atoms with Gasteiger partial charge in [-0.15, -0.1) is 0 Å². The molecule has 4 fully saturated rings. The lowest BCUT2D eigenvalue weighted by atomic mass is 9.49. The number of fused-ring (bicyclic) bond motifs is 4. The number of ether oxygens (including phenoxy) is 2. The number of rotatable bonds is 3. The van der Waals surface area contributed by atoms with Crippen molar-refractivity contribution in [3.8, 4) is 0 Å². The second kappa shape index (κ2) is 7.25. The summed E-state index contributed by atoms with van der Waals surface area (Å²) in [6.45, 7) is 6.35. The summed E-state index contributed by atoms with van der Waals surface area (Å²) in [5.74, 6) is 1.55. The number of carbonyl (C=O) groups excluding carboxylic acids is 2. The average Bonchev–Trinajstić information content (AvgIpc) is 3.40. The molecule has 6 rings (SSSR count). The molecule has 2 N–H and O–H groups in total. The highest BCUT2D eigenvalue weighted by atomic mass is 16.6. The van der Waals surface area contributed by atoms with Gasteiger partial charge < -0.3 is 19.7 Å². The Hall–Kier alpha value is -1.50. The Balaban J connectivity index is 1.24. The van der Waals surface area contributed by atoms with Crippen LogP contribution < -0.4 is 0 Å². The van der Waals surface area contributed by atoms with Gasteiger partial charge >= 0.3 is 5.97 Å². The zero-order valence-corrected chi connectivity index (χ0v) is 19.8. The fourth-order valence-corrected chi connectivity index (χ4v) is 9.19. The van der Waals surface area contributed by atoms with E-state index in [4.69, 9.17) is 9.47 Å². The maximum absolute atomic E-state index is 13.0. The molecule has 2 aliphatic heterocycles. The molecule has 4 aliphatic carbocycles. The highest BCUT2D eigenvalue weighted by Gasteiger charge is 2.75. The molecule has 0 radical (unpaired) electrons. The van der Waals surface area contributed by atoms with E-state index in [0.29, 0.717) is 29.7 Å². The van der Waals surface area contributed by atoms with Gasteiger partial charge in [0.1, 0.15) is 17.8 Å². The second-order valence-electron chi connectivity index (χ2n) is 12.0. The summed E-state index contributed by atoms with van der Waals surface area (Å²) in [5, 5.41) is 20.2. The number of hydrogen-bond acceptors (Lipinski definition) is 6. The number of aliphatic hydroxyl groups excluding tert-OH is 2. The quantitative estimate of drug-likeness (QED) is 0.501. The van der Waals surface area contributed by atoms with Crippen LogP contribution in [0.3, 0.4) is 0 Å². The van der Waals surface area contributed by atoms with E-state index in [1.807, 2.05) is 6.92 Å². The second-order valence-corrected chi connectivity index (χ2v) is 12.0. The summed E-state index contributed by atoms with van der Waals surface area (Å²) < 4.78 is 12.0. The number of hydrogen-bond donors (Lipinski definition) is 2. The standard InChI is InChI=1S/C27H36O6/c1-13-10-21(32-25(31)17(13)12-28)14(2)18-4-5-19-16-11-23-27(33-23)22(30)7-6-20(29)24(27)15(16)8-9-26(18,19)3/h6-7,14-16,18-19,21-24,28,30H,4-5,8-12H2,1-3H3/t14-,15-,16+,18+,19-,21+,22-,23+,24-,26+,27+/m0/s1. The normalized spacial score (nSPS) is 51.3. The minimum absolute atomic E-state index is 0.00420. The van der Waals surface area contributed by atoms with Crippen LogP contribution >= 0.6 is 0 Å². The first-order valence-corrected chi connectivity index (χ1v) is 12.8. The molecule has 1 saturated heterocycles. The van der Waals surface area contributed by atoms with E-state index in [-0.39, 0.29) is 53.7 Å². The van der Waals surface area contributed by atoms with E-state index in [0.717, 1.165) is 37.7 Å². The van der Waals surface area contributed by atoms with Crippen LogP contribution in [0.5, 0.6) is 0 Å². The summed E-state index contributed by atoms with van der Waals surface area (Å²) in [4.78, 5) is 25.4. The lowest BCUT2D eigenvalue weighted by molar-refractivity contribution is -0.152. The number of carbonyl (C=O) groups is 2. The Morgan fingerprint density at radius 2 is 2.00 bits per heavy atom. The highest BCUT2D eigenvalue weighted by Crippen LogP contribution is 2.69. The van der Waals surface area contributed by atoms with E-state index in [1.54, 1.807) is 12.2 Å². The zero-order chi connectivity index (χ0) is 23.3. The molecule has 0 unspecified atom stereocenters. The molecule has 6 heteroatoms. The number of cyclic esters (lactones) is 1. The molecule has 0 aromatic carbocycles. The number of ketones is 1. The van der Waals surface area contributed by atoms with Gasteiger partial charge in [-0.1, -0.05) is 19.4 Å². The van der Waals surface area contributed by atoms with Gasteiger partial charge in [0.05, 0.1) is 24.2 Å². The van der Waals surface area contributed by atoms with Gasteiger partial charge in [0.2, 0.25) is 0 Å². The highest BCUT2D eigenvalue weighted by molar-refractivity contribution is 5.95. The smallest absolute Gasteiger partial charge is 0.336 e. The molecule has 0 aromatic rings. The number of esters is 1. The fraction of sp³-hybridized carbons (Fsp3) is 0.778. The van der Waals surface area contributed by atoms with E-state index in [9.17, 15) is 19.8 Å². The van der Waals surface area contributed by atoms with Gasteiger partial charge in [-0.25, -0.2) is 4.79 Å². The summed E-state index contributed by atoms with van der Waals surface area (Å²) >= 11 is 0. The van der Waals surface area contributed by atoms with Gasteiger partial charge in [-0.05, 0) is 86.2 Å². The van der Waals surface area contributed by atoms with Crippen molar-refractivity contribution in [3.05, 3.63) is 23.3 Å². The molecule has 3 saturated carbocycles. The Labute approximate surface area is 195 Å². The lowest BCUT2D eigenvalue weighted by Gasteiger charge is -2.54. The van der Waals surface area contributed by atoms with E-state index in [2.05, 4.69) is 13.8 Å². The molecular weight excluding hydrogens is 420 g/mol. The Bertz CT molecular complexity index is 952. The number of epoxide rings is 1. The molecule has 33 heavy (non-hydrogen) atoms. The summed E-state index contributed by atoms with van der Waals surface area (Å²) in [5.41, 5.74) is 0.864. The maximum atomic E-state index is 13.0. The van der Waals surface area contributed by atoms with E-state index < -0.39 is 11.7 Å². The van der Waals surface area contributed by atoms with Crippen molar-refractivity contribution < 1.29 is 29.3 Å². The van der Waals surface area contributed by atoms with Gasteiger partial charge in [0.15, 0.2) is 5.78 Å². The molecule has 180 valence electrons. The fourth-order valence-electron chi connectivity index (χ4n) is 9.19. The van der Waals surface area contributed by atoms with Gasteiger partial charge in [0, 0.05) is 6.42 Å². The van der Waals surface area contributed by atoms with Crippen molar-refractivity contribution in [2.45, 2.75) is 83.2 Å². The zero-order valence-electron chi connectivity index (χ0n) is 19.8. The number of allylic oxidation sites excluding steroid dienone is 1. The minimum Gasteiger partial charge on any atom is -0.458 e. The first-order valence-electron chi connectivity index (χ1n) is 12.8. The van der Waals surface area contributed by atoms with Crippen LogP contribution in [0.1, 0.15) is 59.3 Å². The molecule has 0 amide bonds. The van der Waals surface area contributed by atoms with Crippen LogP contribution in [0.15, 0.2) is 23.3 Å². The Kier molecular flexibility index (Phi) is 4.83. The molecule has 11 atom stereocenters. The van der Waals surface area contributed by atoms with Crippen LogP contribution in [0.2, 0.25) is 0 Å². The molecule has 6 aliphatic rings. The predicted octanol–water partition coefficient (Wildman–Crippen LogP) is 2.96. The minimum atomic E-state index is -0.670. The van der Waals surface area contributed by atoms with Crippen LogP contribution in [-0.4, -0.2) is 52.5 Å². The molecular formula is C27H36O6. The average molecular weight is 457 g/mol. The summed E-state index contributed by atoms with van der Waals surface area (Å²) in [7, 11) is 0. The van der Waals surface area contributed by atoms with E-state index in [1.165, 1.54) is 0 Å². The molecule has 2 heterocycles. The summed E-state index contributed by atoms with van der Waals surface area (Å²) in [6, 6.07) is 0. The molecule has 1 spiro atoms. The largest absolute Gasteiger partial charge is 0.458 e. The van der Waals surface area contributed by atoms with Crippen molar-refractivity contribution in [2.75, 3.05) is 6.61 Å². The van der Waals surface area contributed by atoms with Crippen LogP contribution in [-0.2, 0) is 19.1 Å². The lowest BCUT2D eigenvalue weighted by Crippen LogP contribution is -2.57. The van der Waals surface area contributed by atoms with Crippen molar-refractivity contribution >= 4 is 11.8 Å². The number of aliphatic hydroxyl groups is 2. The van der Waals surface area contributed by atoms with Crippen molar-refractivity contribution in [3.63, 3.8) is 0 Å². The van der Waals surface area contributed by atoms with Crippen LogP contribution in [0.4, 0.5) is 0 Å². The van der Waals surface area contributed by atoms with Gasteiger partial charge in [0.25, 0.3) is 0 Å². The van der Waals surface area contributed by atoms with Crippen molar-refractivity contribution in [2.24, 2.45) is 40.9 Å². The summed E-state index contributed by atoms with van der Waals surface area (Å²) in [6.07, 6.45) is 8.36. The topological polar surface area (TPSA) is 96.4 Å². The Morgan fingerprint density at radius 1 is 1.21 bits per heavy atom. The third-order valence-electron chi connectivity index (χ3n) is 10.9. The third-order valence-corrected chi connectivity index (χ3v) is 10.9. The molecule has 0 bridgehead atoms. The SMILES string of the molecule is CC1=C(CO)C(=O)O[C@@H]([C@@H](C)[C@H]2CC[C@H]3[C@@H]4C[C@H]5O[C@@]56[C@H](C(=O)C=C[C@@H]6O)[C@H]4CC[C@]23C)C1. The first kappa shape index (κ1) is 22.0. The van der Waals surface area contributed by atoms with Gasteiger partial charge in [-0.2, -0.15) is 0 Å². The third kappa shape index (κ3) is 2.83. The van der Waals surface area contributed by atoms with E-state index >= 15 is 0 Å². The Morgan fingerprint density at radius 3 is 2.73 bits per heavy atom. The van der Waals surface area contributed by atoms with Gasteiger partial charge in [-0.3, -0.25) is 4.79 Å². The molecule has 6 nitrogen and oxygen atoms in total. The molecule has 0 aromatic heterocycles. The maximum Gasteiger partial charge on any atom is 0.336 e. The monoisotopic (exact) mass is 456 g/mol.